The van der Waals surface area contributed by atoms with E-state index < -0.39 is 21.9 Å². The Labute approximate surface area is 146 Å². The van der Waals surface area contributed by atoms with E-state index in [-0.39, 0.29) is 24.6 Å². The van der Waals surface area contributed by atoms with Crippen LogP contribution < -0.4 is 10.0 Å². The molecule has 0 aliphatic rings. The SMILES string of the molecule is O=C(NCCCNS(=O)(=O)c1ccc(F)cc1)OCc1ccccc1. The summed E-state index contributed by atoms with van der Waals surface area (Å²) in [6.45, 7) is 0.572. The highest BCUT2D eigenvalue weighted by atomic mass is 32.2. The van der Waals surface area contributed by atoms with Crippen LogP contribution in [0.5, 0.6) is 0 Å². The first-order valence-corrected chi connectivity index (χ1v) is 9.15. The average Bonchev–Trinajstić information content (AvgIpc) is 2.61. The van der Waals surface area contributed by atoms with Gasteiger partial charge in [0.25, 0.3) is 0 Å². The number of halogens is 1. The van der Waals surface area contributed by atoms with E-state index in [9.17, 15) is 17.6 Å². The maximum Gasteiger partial charge on any atom is 0.407 e. The number of rotatable bonds is 8. The Bertz CT molecular complexity index is 780. The number of carbonyl (C=O) groups is 1. The molecule has 2 aromatic rings. The predicted molar refractivity (Wildman–Crippen MR) is 90.8 cm³/mol. The highest BCUT2D eigenvalue weighted by Gasteiger charge is 2.13. The molecule has 0 atom stereocenters. The second-order valence-corrected chi connectivity index (χ2v) is 6.96. The second kappa shape index (κ2) is 9.14. The number of amides is 1. The van der Waals surface area contributed by atoms with Crippen molar-refractivity contribution in [1.82, 2.24) is 10.0 Å². The number of carbonyl (C=O) groups excluding carboxylic acids is 1. The van der Waals surface area contributed by atoms with E-state index in [1.54, 1.807) is 0 Å². The topological polar surface area (TPSA) is 84.5 Å². The molecule has 0 aliphatic heterocycles. The first kappa shape index (κ1) is 18.9. The average molecular weight is 366 g/mol. The molecule has 25 heavy (non-hydrogen) atoms. The lowest BCUT2D eigenvalue weighted by Crippen LogP contribution is -2.30. The first-order chi connectivity index (χ1) is 12.0. The van der Waals surface area contributed by atoms with Gasteiger partial charge >= 0.3 is 6.09 Å². The molecule has 8 heteroatoms. The molecule has 0 saturated heterocycles. The van der Waals surface area contributed by atoms with Gasteiger partial charge in [-0.2, -0.15) is 0 Å². The summed E-state index contributed by atoms with van der Waals surface area (Å²) in [6.07, 6.45) is -0.175. The number of benzene rings is 2. The van der Waals surface area contributed by atoms with Gasteiger partial charge in [-0.05, 0) is 36.2 Å². The van der Waals surface area contributed by atoms with E-state index in [0.29, 0.717) is 6.42 Å². The Balaban J connectivity index is 1.64. The normalized spacial score (nSPS) is 11.1. The van der Waals surface area contributed by atoms with Crippen molar-refractivity contribution >= 4 is 16.1 Å². The molecule has 0 heterocycles. The third kappa shape index (κ3) is 6.52. The van der Waals surface area contributed by atoms with Crippen molar-refractivity contribution in [3.05, 3.63) is 66.0 Å². The largest absolute Gasteiger partial charge is 0.445 e. The summed E-state index contributed by atoms with van der Waals surface area (Å²) in [5.74, 6) is -0.503. The van der Waals surface area contributed by atoms with Crippen LogP contribution in [0.2, 0.25) is 0 Å². The Kier molecular flexibility index (Phi) is 6.91. The van der Waals surface area contributed by atoms with Crippen LogP contribution in [0, 0.1) is 5.82 Å². The van der Waals surface area contributed by atoms with Gasteiger partial charge in [0.05, 0.1) is 4.90 Å². The minimum absolute atomic E-state index is 0.0101. The summed E-state index contributed by atoms with van der Waals surface area (Å²) in [7, 11) is -3.68. The molecular weight excluding hydrogens is 347 g/mol. The molecule has 134 valence electrons. The monoisotopic (exact) mass is 366 g/mol. The number of nitrogens with one attached hydrogen (secondary N) is 2. The second-order valence-electron chi connectivity index (χ2n) is 5.19. The zero-order chi connectivity index (χ0) is 18.1. The Morgan fingerprint density at radius 2 is 1.68 bits per heavy atom. The molecule has 0 saturated carbocycles. The van der Waals surface area contributed by atoms with Crippen LogP contribution in [0.15, 0.2) is 59.5 Å². The maximum absolute atomic E-state index is 12.8. The zero-order valence-electron chi connectivity index (χ0n) is 13.4. The number of hydrogen-bond donors (Lipinski definition) is 2. The molecule has 6 nitrogen and oxygen atoms in total. The van der Waals surface area contributed by atoms with Crippen LogP contribution >= 0.6 is 0 Å². The number of hydrogen-bond acceptors (Lipinski definition) is 4. The van der Waals surface area contributed by atoms with Gasteiger partial charge in [-0.1, -0.05) is 30.3 Å². The fraction of sp³-hybridized carbons (Fsp3) is 0.235. The van der Waals surface area contributed by atoms with Gasteiger partial charge in [0.2, 0.25) is 10.0 Å². The van der Waals surface area contributed by atoms with Crippen LogP contribution in [-0.4, -0.2) is 27.6 Å². The smallest absolute Gasteiger partial charge is 0.407 e. The lowest BCUT2D eigenvalue weighted by molar-refractivity contribution is 0.139. The quantitative estimate of drug-likeness (QED) is 0.703. The van der Waals surface area contributed by atoms with Crippen molar-refractivity contribution in [2.75, 3.05) is 13.1 Å². The summed E-state index contributed by atoms with van der Waals surface area (Å²) in [5.41, 5.74) is 0.879. The van der Waals surface area contributed by atoms with Crippen LogP contribution in [0.3, 0.4) is 0 Å². The lowest BCUT2D eigenvalue weighted by atomic mass is 10.2. The van der Waals surface area contributed by atoms with Gasteiger partial charge < -0.3 is 10.1 Å². The summed E-state index contributed by atoms with van der Waals surface area (Å²) in [4.78, 5) is 11.5. The minimum atomic E-state index is -3.68. The molecule has 0 radical (unpaired) electrons. The van der Waals surface area contributed by atoms with Crippen molar-refractivity contribution < 1.29 is 22.3 Å². The maximum atomic E-state index is 12.8. The molecule has 0 aromatic heterocycles. The summed E-state index contributed by atoms with van der Waals surface area (Å²) in [6, 6.07) is 13.8. The first-order valence-electron chi connectivity index (χ1n) is 7.67. The lowest BCUT2D eigenvalue weighted by Gasteiger charge is -2.08. The highest BCUT2D eigenvalue weighted by molar-refractivity contribution is 7.89. The fourth-order valence-electron chi connectivity index (χ4n) is 1.96. The number of sulfonamides is 1. The Morgan fingerprint density at radius 3 is 2.36 bits per heavy atom. The molecular formula is C17H19FN2O4S. The number of alkyl carbamates (subject to hydrolysis) is 1. The van der Waals surface area contributed by atoms with E-state index in [2.05, 4.69) is 10.0 Å². The molecule has 2 rings (SSSR count). The molecule has 2 aromatic carbocycles. The van der Waals surface area contributed by atoms with Gasteiger partial charge in [-0.15, -0.1) is 0 Å². The summed E-state index contributed by atoms with van der Waals surface area (Å²) in [5, 5.41) is 2.54. The summed E-state index contributed by atoms with van der Waals surface area (Å²) >= 11 is 0. The van der Waals surface area contributed by atoms with Crippen LogP contribution in [0.4, 0.5) is 9.18 Å². The standard InChI is InChI=1S/C17H19FN2O4S/c18-15-7-9-16(10-8-15)25(22,23)20-12-4-11-19-17(21)24-13-14-5-2-1-3-6-14/h1-3,5-10,20H,4,11-13H2,(H,19,21). The highest BCUT2D eigenvalue weighted by Crippen LogP contribution is 2.09. The summed E-state index contributed by atoms with van der Waals surface area (Å²) < 4.78 is 44.1. The molecule has 2 N–H and O–H groups in total. The van der Waals surface area contributed by atoms with Gasteiger partial charge in [0, 0.05) is 13.1 Å². The molecule has 1 amide bonds. The molecule has 0 fully saturated rings. The third-order valence-electron chi connectivity index (χ3n) is 3.25. The molecule has 0 unspecified atom stereocenters. The molecule has 0 bridgehead atoms. The Hall–Kier alpha value is -2.45. The fourth-order valence-corrected chi connectivity index (χ4v) is 3.03. The van der Waals surface area contributed by atoms with Crippen molar-refractivity contribution in [3.63, 3.8) is 0 Å². The van der Waals surface area contributed by atoms with Crippen LogP contribution in [0.25, 0.3) is 0 Å². The van der Waals surface area contributed by atoms with Gasteiger partial charge in [-0.3, -0.25) is 0 Å². The predicted octanol–water partition coefficient (Wildman–Crippen LogP) is 2.42. The van der Waals surface area contributed by atoms with E-state index in [0.717, 1.165) is 17.7 Å². The van der Waals surface area contributed by atoms with E-state index in [1.165, 1.54) is 12.1 Å². The molecule has 0 spiro atoms. The van der Waals surface area contributed by atoms with E-state index in [4.69, 9.17) is 4.74 Å². The van der Waals surface area contributed by atoms with Crippen LogP contribution in [0.1, 0.15) is 12.0 Å². The third-order valence-corrected chi connectivity index (χ3v) is 4.73. The van der Waals surface area contributed by atoms with Crippen molar-refractivity contribution in [3.8, 4) is 0 Å². The zero-order valence-corrected chi connectivity index (χ0v) is 14.3. The van der Waals surface area contributed by atoms with Crippen molar-refractivity contribution in [1.29, 1.82) is 0 Å². The van der Waals surface area contributed by atoms with E-state index in [1.807, 2.05) is 30.3 Å². The van der Waals surface area contributed by atoms with E-state index >= 15 is 0 Å². The molecule has 0 aliphatic carbocycles. The number of ether oxygens (including phenoxy) is 1. The van der Waals surface area contributed by atoms with Crippen molar-refractivity contribution in [2.45, 2.75) is 17.9 Å². The van der Waals surface area contributed by atoms with Gasteiger partial charge in [0.15, 0.2) is 0 Å². The minimum Gasteiger partial charge on any atom is -0.445 e. The van der Waals surface area contributed by atoms with Gasteiger partial charge in [0.1, 0.15) is 12.4 Å². The Morgan fingerprint density at radius 1 is 1.00 bits per heavy atom. The van der Waals surface area contributed by atoms with Gasteiger partial charge in [-0.25, -0.2) is 22.3 Å². The van der Waals surface area contributed by atoms with Crippen LogP contribution in [-0.2, 0) is 21.4 Å². The van der Waals surface area contributed by atoms with Crippen molar-refractivity contribution in [2.24, 2.45) is 0 Å².